The van der Waals surface area contributed by atoms with Gasteiger partial charge in [0, 0.05) is 17.1 Å². The maximum atomic E-state index is 13.3. The lowest BCUT2D eigenvalue weighted by molar-refractivity contribution is -0.142. The van der Waals surface area contributed by atoms with Crippen LogP contribution < -0.4 is 5.32 Å². The highest BCUT2D eigenvalue weighted by Crippen LogP contribution is 2.32. The van der Waals surface area contributed by atoms with Crippen LogP contribution >= 0.6 is 11.8 Å². The predicted molar refractivity (Wildman–Crippen MR) is 74.0 cm³/mol. The summed E-state index contributed by atoms with van der Waals surface area (Å²) in [6, 6.07) is 5.59. The molecule has 2 rings (SSSR count). The van der Waals surface area contributed by atoms with E-state index in [1.54, 1.807) is 18.2 Å². The van der Waals surface area contributed by atoms with Gasteiger partial charge in [0.25, 0.3) is 0 Å². The first-order chi connectivity index (χ1) is 9.58. The summed E-state index contributed by atoms with van der Waals surface area (Å²) in [5.74, 6) is -1.10. The Morgan fingerprint density at radius 2 is 2.10 bits per heavy atom. The lowest BCUT2D eigenvalue weighted by Crippen LogP contribution is -2.42. The van der Waals surface area contributed by atoms with Gasteiger partial charge in [0.05, 0.1) is 0 Å². The van der Waals surface area contributed by atoms with Crippen LogP contribution in [0.3, 0.4) is 0 Å². The van der Waals surface area contributed by atoms with Crippen LogP contribution in [0.15, 0.2) is 29.2 Å². The quantitative estimate of drug-likeness (QED) is 0.758. The van der Waals surface area contributed by atoms with E-state index in [4.69, 9.17) is 5.11 Å². The number of benzene rings is 1. The Morgan fingerprint density at radius 1 is 1.40 bits per heavy atom. The molecule has 1 unspecified atom stereocenters. The molecule has 1 saturated carbocycles. The number of halogens is 1. The van der Waals surface area contributed by atoms with Gasteiger partial charge < -0.3 is 10.4 Å². The molecule has 1 aromatic carbocycles. The zero-order valence-electron chi connectivity index (χ0n) is 10.8. The van der Waals surface area contributed by atoms with E-state index in [9.17, 15) is 14.0 Å². The van der Waals surface area contributed by atoms with E-state index in [0.717, 1.165) is 12.8 Å². The fourth-order valence-corrected chi connectivity index (χ4v) is 2.76. The lowest BCUT2D eigenvalue weighted by atomic mass is 10.2. The highest BCUT2D eigenvalue weighted by Gasteiger charge is 2.37. The monoisotopic (exact) mass is 297 g/mol. The number of carboxylic acids is 1. The van der Waals surface area contributed by atoms with Gasteiger partial charge in [0.15, 0.2) is 0 Å². The third-order valence-electron chi connectivity index (χ3n) is 3.10. The molecule has 0 radical (unpaired) electrons. The van der Waals surface area contributed by atoms with Gasteiger partial charge in [-0.05, 0) is 30.9 Å². The van der Waals surface area contributed by atoms with Crippen LogP contribution in [0.4, 0.5) is 4.39 Å². The van der Waals surface area contributed by atoms with Crippen LogP contribution in [0.1, 0.15) is 19.3 Å². The number of amides is 1. The minimum absolute atomic E-state index is 0.0654. The topological polar surface area (TPSA) is 66.4 Å². The van der Waals surface area contributed by atoms with Crippen LogP contribution in [0.2, 0.25) is 0 Å². The van der Waals surface area contributed by atoms with Crippen molar-refractivity contribution in [2.75, 3.05) is 5.75 Å². The Labute approximate surface area is 120 Å². The number of carbonyl (C=O) groups excluding carboxylic acids is 1. The molecule has 0 spiro atoms. The third kappa shape index (κ3) is 4.23. The molecule has 1 aromatic rings. The van der Waals surface area contributed by atoms with Crippen LogP contribution in [0.5, 0.6) is 0 Å². The predicted octanol–water partition coefficient (Wildman–Crippen LogP) is 2.29. The van der Waals surface area contributed by atoms with E-state index >= 15 is 0 Å². The number of carbonyl (C=O) groups is 2. The maximum Gasteiger partial charge on any atom is 0.326 e. The first-order valence-electron chi connectivity index (χ1n) is 6.47. The largest absolute Gasteiger partial charge is 0.480 e. The van der Waals surface area contributed by atoms with Crippen molar-refractivity contribution in [3.8, 4) is 0 Å². The van der Waals surface area contributed by atoms with Gasteiger partial charge in [0.1, 0.15) is 11.9 Å². The molecule has 0 bridgehead atoms. The summed E-state index contributed by atoms with van der Waals surface area (Å²) in [6.45, 7) is 0. The number of rotatable bonds is 7. The summed E-state index contributed by atoms with van der Waals surface area (Å²) < 4.78 is 13.3. The van der Waals surface area contributed by atoms with Crippen molar-refractivity contribution in [1.29, 1.82) is 0 Å². The fraction of sp³-hybridized carbons (Fsp3) is 0.429. The first kappa shape index (κ1) is 14.8. The normalized spacial score (nSPS) is 15.7. The van der Waals surface area contributed by atoms with Crippen LogP contribution in [0.25, 0.3) is 0 Å². The third-order valence-corrected chi connectivity index (χ3v) is 4.15. The molecule has 108 valence electrons. The second-order valence-electron chi connectivity index (χ2n) is 4.75. The Balaban J connectivity index is 1.75. The zero-order chi connectivity index (χ0) is 14.5. The number of hydrogen-bond donors (Lipinski definition) is 2. The van der Waals surface area contributed by atoms with Crippen molar-refractivity contribution in [3.05, 3.63) is 30.1 Å². The molecule has 20 heavy (non-hydrogen) atoms. The molecule has 1 fully saturated rings. The van der Waals surface area contributed by atoms with Gasteiger partial charge in [-0.25, -0.2) is 9.18 Å². The Bertz CT molecular complexity index is 505. The zero-order valence-corrected chi connectivity index (χ0v) is 11.7. The van der Waals surface area contributed by atoms with Crippen molar-refractivity contribution >= 4 is 23.6 Å². The average molecular weight is 297 g/mol. The van der Waals surface area contributed by atoms with E-state index in [1.165, 1.54) is 17.8 Å². The molecule has 1 atom stereocenters. The summed E-state index contributed by atoms with van der Waals surface area (Å²) in [5, 5.41) is 11.5. The SMILES string of the molecule is O=C(CCSc1ccccc1F)NC(C(=O)O)C1CC1. The molecule has 1 aliphatic carbocycles. The fourth-order valence-electron chi connectivity index (χ4n) is 1.87. The molecule has 2 N–H and O–H groups in total. The molecular weight excluding hydrogens is 281 g/mol. The minimum atomic E-state index is -0.984. The van der Waals surface area contributed by atoms with Crippen LogP contribution in [0, 0.1) is 11.7 Å². The molecule has 6 heteroatoms. The van der Waals surface area contributed by atoms with E-state index in [1.807, 2.05) is 0 Å². The molecule has 4 nitrogen and oxygen atoms in total. The van der Waals surface area contributed by atoms with Gasteiger partial charge in [-0.1, -0.05) is 12.1 Å². The standard InChI is InChI=1S/C14H16FNO3S/c15-10-3-1-2-4-11(10)20-8-7-12(17)16-13(14(18)19)9-5-6-9/h1-4,9,13H,5-8H2,(H,16,17)(H,18,19). The molecular formula is C14H16FNO3S. The number of nitrogens with one attached hydrogen (secondary N) is 1. The Morgan fingerprint density at radius 3 is 2.70 bits per heavy atom. The first-order valence-corrected chi connectivity index (χ1v) is 7.46. The second kappa shape index (κ2) is 6.74. The second-order valence-corrected chi connectivity index (χ2v) is 5.89. The molecule has 1 aliphatic rings. The highest BCUT2D eigenvalue weighted by molar-refractivity contribution is 7.99. The number of carboxylic acid groups (broad SMARTS) is 1. The molecule has 0 aliphatic heterocycles. The number of hydrogen-bond acceptors (Lipinski definition) is 3. The van der Waals surface area contributed by atoms with E-state index in [2.05, 4.69) is 5.32 Å². The van der Waals surface area contributed by atoms with Crippen molar-refractivity contribution < 1.29 is 19.1 Å². The average Bonchev–Trinajstić information content (AvgIpc) is 3.22. The molecule has 0 aromatic heterocycles. The minimum Gasteiger partial charge on any atom is -0.480 e. The van der Waals surface area contributed by atoms with Crippen molar-refractivity contribution in [2.45, 2.75) is 30.2 Å². The van der Waals surface area contributed by atoms with Gasteiger partial charge in [-0.3, -0.25) is 4.79 Å². The molecule has 0 heterocycles. The van der Waals surface area contributed by atoms with E-state index in [-0.39, 0.29) is 24.1 Å². The van der Waals surface area contributed by atoms with Gasteiger partial charge in [-0.15, -0.1) is 11.8 Å². The summed E-state index contributed by atoms with van der Waals surface area (Å²) in [4.78, 5) is 23.2. The number of aliphatic carboxylic acids is 1. The summed E-state index contributed by atoms with van der Waals surface area (Å²) >= 11 is 1.25. The smallest absolute Gasteiger partial charge is 0.326 e. The van der Waals surface area contributed by atoms with Gasteiger partial charge >= 0.3 is 5.97 Å². The van der Waals surface area contributed by atoms with E-state index in [0.29, 0.717) is 10.6 Å². The highest BCUT2D eigenvalue weighted by atomic mass is 32.2. The Hall–Kier alpha value is -1.56. The van der Waals surface area contributed by atoms with Crippen LogP contribution in [-0.2, 0) is 9.59 Å². The molecule has 1 amide bonds. The van der Waals surface area contributed by atoms with Gasteiger partial charge in [0.2, 0.25) is 5.91 Å². The molecule has 0 saturated heterocycles. The van der Waals surface area contributed by atoms with E-state index < -0.39 is 12.0 Å². The maximum absolute atomic E-state index is 13.3. The Kier molecular flexibility index (Phi) is 5.00. The summed E-state index contributed by atoms with van der Waals surface area (Å²) in [6.07, 6.45) is 1.87. The summed E-state index contributed by atoms with van der Waals surface area (Å²) in [7, 11) is 0. The van der Waals surface area contributed by atoms with Crippen molar-refractivity contribution in [3.63, 3.8) is 0 Å². The summed E-state index contributed by atoms with van der Waals surface area (Å²) in [5.41, 5.74) is 0. The van der Waals surface area contributed by atoms with Gasteiger partial charge in [-0.2, -0.15) is 0 Å². The van der Waals surface area contributed by atoms with Crippen molar-refractivity contribution in [1.82, 2.24) is 5.32 Å². The lowest BCUT2D eigenvalue weighted by Gasteiger charge is -2.13. The van der Waals surface area contributed by atoms with Crippen LogP contribution in [-0.4, -0.2) is 28.8 Å². The van der Waals surface area contributed by atoms with Crippen molar-refractivity contribution in [2.24, 2.45) is 5.92 Å². The number of thioether (sulfide) groups is 1.